The average Bonchev–Trinajstić information content (AvgIpc) is 2.99. The van der Waals surface area contributed by atoms with Gasteiger partial charge in [-0.3, -0.25) is 0 Å². The van der Waals surface area contributed by atoms with Gasteiger partial charge in [0.1, 0.15) is 0 Å². The Kier molecular flexibility index (Phi) is 2.56. The van der Waals surface area contributed by atoms with Gasteiger partial charge in [-0.15, -0.1) is 0 Å². The minimum absolute atomic E-state index is 0.280. The first-order chi connectivity index (χ1) is 8.34. The van der Waals surface area contributed by atoms with Crippen LogP contribution in [-0.2, 0) is 4.74 Å². The third-order valence-electron chi connectivity index (χ3n) is 2.99. The van der Waals surface area contributed by atoms with Crippen molar-refractivity contribution in [1.82, 2.24) is 10.3 Å². The molecule has 1 unspecified atom stereocenters. The number of benzene rings is 1. The van der Waals surface area contributed by atoms with Crippen LogP contribution in [0, 0.1) is 0 Å². The van der Waals surface area contributed by atoms with Gasteiger partial charge in [0, 0.05) is 13.2 Å². The lowest BCUT2D eigenvalue weighted by Gasteiger charge is -2.11. The second kappa shape index (κ2) is 4.21. The maximum Gasteiger partial charge on any atom is 0.160 e. The highest BCUT2D eigenvalue weighted by Gasteiger charge is 2.16. The van der Waals surface area contributed by atoms with E-state index in [1.807, 2.05) is 6.07 Å². The monoisotopic (exact) mass is 234 g/mol. The van der Waals surface area contributed by atoms with Crippen LogP contribution < -0.4 is 11.1 Å². The molecule has 17 heavy (non-hydrogen) atoms. The number of nitrogens with zero attached hydrogens (tertiary/aromatic N) is 2. The van der Waals surface area contributed by atoms with Gasteiger partial charge in [0.05, 0.1) is 17.5 Å². The van der Waals surface area contributed by atoms with Gasteiger partial charge in [0.25, 0.3) is 0 Å². The number of ether oxygens (including phenoxy) is 1. The van der Waals surface area contributed by atoms with Gasteiger partial charge in [0.2, 0.25) is 0 Å². The zero-order chi connectivity index (χ0) is 11.7. The second-order valence-electron chi connectivity index (χ2n) is 4.18. The van der Waals surface area contributed by atoms with Gasteiger partial charge < -0.3 is 15.8 Å². The summed E-state index contributed by atoms with van der Waals surface area (Å²) < 4.78 is 10.3. The zero-order valence-electron chi connectivity index (χ0n) is 9.35. The van der Waals surface area contributed by atoms with E-state index in [1.165, 1.54) is 0 Å². The Morgan fingerprint density at radius 1 is 1.35 bits per heavy atom. The molecule has 1 aromatic carbocycles. The first-order valence-electron chi connectivity index (χ1n) is 5.71. The Bertz CT molecular complexity index is 519. The van der Waals surface area contributed by atoms with E-state index >= 15 is 0 Å². The molecule has 0 amide bonds. The van der Waals surface area contributed by atoms with E-state index < -0.39 is 0 Å². The molecule has 2 aromatic rings. The minimum Gasteiger partial charge on any atom is -0.397 e. The van der Waals surface area contributed by atoms with E-state index in [-0.39, 0.29) is 6.10 Å². The molecule has 3 rings (SSSR count). The van der Waals surface area contributed by atoms with Gasteiger partial charge in [-0.1, -0.05) is 0 Å². The molecule has 0 bridgehead atoms. The lowest BCUT2D eigenvalue weighted by Crippen LogP contribution is -2.18. The summed E-state index contributed by atoms with van der Waals surface area (Å²) in [6.45, 7) is 1.63. The third-order valence-corrected chi connectivity index (χ3v) is 2.99. The SMILES string of the molecule is Nc1ccc(NCC2CCCO2)c2nonc12. The van der Waals surface area contributed by atoms with Gasteiger partial charge in [0.15, 0.2) is 11.0 Å². The van der Waals surface area contributed by atoms with E-state index in [0.29, 0.717) is 16.7 Å². The largest absolute Gasteiger partial charge is 0.397 e. The number of aromatic nitrogens is 2. The van der Waals surface area contributed by atoms with Crippen molar-refractivity contribution in [2.75, 3.05) is 24.2 Å². The smallest absolute Gasteiger partial charge is 0.160 e. The summed E-state index contributed by atoms with van der Waals surface area (Å²) in [7, 11) is 0. The number of hydrogen-bond acceptors (Lipinski definition) is 6. The zero-order valence-corrected chi connectivity index (χ0v) is 9.35. The minimum atomic E-state index is 0.280. The fraction of sp³-hybridized carbons (Fsp3) is 0.455. The molecule has 90 valence electrons. The van der Waals surface area contributed by atoms with E-state index in [0.717, 1.165) is 31.7 Å². The molecule has 1 aromatic heterocycles. The number of anilines is 2. The molecule has 1 atom stereocenters. The van der Waals surface area contributed by atoms with Crippen molar-refractivity contribution in [3.63, 3.8) is 0 Å². The molecule has 1 fully saturated rings. The first kappa shape index (κ1) is 10.3. The molecule has 0 aliphatic carbocycles. The van der Waals surface area contributed by atoms with Crippen molar-refractivity contribution < 1.29 is 9.37 Å². The average molecular weight is 234 g/mol. The Balaban J connectivity index is 1.80. The maximum absolute atomic E-state index is 5.77. The van der Waals surface area contributed by atoms with Gasteiger partial charge in [-0.05, 0) is 35.3 Å². The first-order valence-corrected chi connectivity index (χ1v) is 5.71. The Labute approximate surface area is 98.1 Å². The molecular weight excluding hydrogens is 220 g/mol. The number of nitrogens with two attached hydrogens (primary N) is 1. The highest BCUT2D eigenvalue weighted by molar-refractivity contribution is 5.94. The van der Waals surface area contributed by atoms with Crippen LogP contribution in [0.5, 0.6) is 0 Å². The fourth-order valence-electron chi connectivity index (χ4n) is 2.06. The van der Waals surface area contributed by atoms with E-state index in [1.54, 1.807) is 6.07 Å². The molecule has 6 heteroatoms. The third kappa shape index (κ3) is 1.91. The van der Waals surface area contributed by atoms with Crippen LogP contribution in [0.1, 0.15) is 12.8 Å². The molecule has 1 aliphatic rings. The van der Waals surface area contributed by atoms with Gasteiger partial charge >= 0.3 is 0 Å². The summed E-state index contributed by atoms with van der Waals surface area (Å²) in [5.41, 5.74) is 8.50. The van der Waals surface area contributed by atoms with Crippen LogP contribution in [0.4, 0.5) is 11.4 Å². The molecule has 1 aliphatic heterocycles. The summed E-state index contributed by atoms with van der Waals surface area (Å²) >= 11 is 0. The summed E-state index contributed by atoms with van der Waals surface area (Å²) in [5, 5.41) is 10.9. The summed E-state index contributed by atoms with van der Waals surface area (Å²) in [5.74, 6) is 0. The molecule has 6 nitrogen and oxygen atoms in total. The van der Waals surface area contributed by atoms with Crippen LogP contribution >= 0.6 is 0 Å². The van der Waals surface area contributed by atoms with Crippen LogP contribution in [0.2, 0.25) is 0 Å². The van der Waals surface area contributed by atoms with Crippen LogP contribution in [0.3, 0.4) is 0 Å². The molecule has 3 N–H and O–H groups in total. The quantitative estimate of drug-likeness (QED) is 0.780. The molecule has 0 radical (unpaired) electrons. The number of hydrogen-bond donors (Lipinski definition) is 2. The molecular formula is C11H14N4O2. The van der Waals surface area contributed by atoms with E-state index in [2.05, 4.69) is 15.6 Å². The normalized spacial score (nSPS) is 19.9. The summed E-state index contributed by atoms with van der Waals surface area (Å²) in [4.78, 5) is 0. The topological polar surface area (TPSA) is 86.2 Å². The second-order valence-corrected chi connectivity index (χ2v) is 4.18. The molecule has 0 saturated carbocycles. The lowest BCUT2D eigenvalue weighted by molar-refractivity contribution is 0.120. The Morgan fingerprint density at radius 2 is 2.24 bits per heavy atom. The number of nitrogens with one attached hydrogen (secondary N) is 1. The molecule has 0 spiro atoms. The highest BCUT2D eigenvalue weighted by atomic mass is 16.6. The van der Waals surface area contributed by atoms with Crippen LogP contribution in [-0.4, -0.2) is 29.6 Å². The van der Waals surface area contributed by atoms with Crippen molar-refractivity contribution in [1.29, 1.82) is 0 Å². The van der Waals surface area contributed by atoms with Crippen molar-refractivity contribution in [3.8, 4) is 0 Å². The van der Waals surface area contributed by atoms with Crippen molar-refractivity contribution in [2.24, 2.45) is 0 Å². The number of rotatable bonds is 3. The van der Waals surface area contributed by atoms with Crippen molar-refractivity contribution >= 4 is 22.4 Å². The van der Waals surface area contributed by atoms with Gasteiger partial charge in [-0.25, -0.2) is 4.63 Å². The number of nitrogen functional groups attached to an aromatic ring is 1. The number of fused-ring (bicyclic) bond motifs is 1. The maximum atomic E-state index is 5.77. The highest BCUT2D eigenvalue weighted by Crippen LogP contribution is 2.25. The van der Waals surface area contributed by atoms with Crippen molar-refractivity contribution in [2.45, 2.75) is 18.9 Å². The predicted molar refractivity (Wildman–Crippen MR) is 63.7 cm³/mol. The standard InChI is InChI=1S/C11H14N4O2/c12-8-3-4-9(11-10(8)14-17-15-11)13-6-7-2-1-5-16-7/h3-4,7,13H,1-2,5-6,12H2. The van der Waals surface area contributed by atoms with Gasteiger partial charge in [-0.2, -0.15) is 0 Å². The van der Waals surface area contributed by atoms with Crippen LogP contribution in [0.15, 0.2) is 16.8 Å². The summed E-state index contributed by atoms with van der Waals surface area (Å²) in [6.07, 6.45) is 2.51. The van der Waals surface area contributed by atoms with E-state index in [9.17, 15) is 0 Å². The van der Waals surface area contributed by atoms with Crippen molar-refractivity contribution in [3.05, 3.63) is 12.1 Å². The lowest BCUT2D eigenvalue weighted by atomic mass is 10.2. The molecule has 1 saturated heterocycles. The summed E-state index contributed by atoms with van der Waals surface area (Å²) in [6, 6.07) is 3.68. The fourth-order valence-corrected chi connectivity index (χ4v) is 2.06. The van der Waals surface area contributed by atoms with Crippen LogP contribution in [0.25, 0.3) is 11.0 Å². The molecule has 2 heterocycles. The Morgan fingerprint density at radius 3 is 3.06 bits per heavy atom. The predicted octanol–water partition coefficient (Wildman–Crippen LogP) is 1.40. The Hall–Kier alpha value is -1.82. The van der Waals surface area contributed by atoms with E-state index in [4.69, 9.17) is 15.1 Å².